The number of urea groups is 1. The van der Waals surface area contributed by atoms with E-state index >= 15 is 0 Å². The number of benzene rings is 1. The number of aryl methyl sites for hydroxylation is 2. The van der Waals surface area contributed by atoms with Crippen molar-refractivity contribution in [1.82, 2.24) is 16.0 Å². The molecule has 0 saturated heterocycles. The van der Waals surface area contributed by atoms with Gasteiger partial charge in [0.15, 0.2) is 0 Å². The summed E-state index contributed by atoms with van der Waals surface area (Å²) in [7, 11) is 0. The van der Waals surface area contributed by atoms with Crippen molar-refractivity contribution in [2.75, 3.05) is 6.54 Å². The molecule has 0 radical (unpaired) electrons. The van der Waals surface area contributed by atoms with E-state index in [1.807, 2.05) is 6.92 Å². The van der Waals surface area contributed by atoms with E-state index in [0.717, 1.165) is 42.6 Å². The van der Waals surface area contributed by atoms with Crippen molar-refractivity contribution in [3.8, 4) is 0 Å². The van der Waals surface area contributed by atoms with Crippen LogP contribution in [0, 0.1) is 31.6 Å². The van der Waals surface area contributed by atoms with Gasteiger partial charge in [-0.25, -0.2) is 4.79 Å². The fourth-order valence-electron chi connectivity index (χ4n) is 6.46. The van der Waals surface area contributed by atoms with E-state index in [9.17, 15) is 9.59 Å². The van der Waals surface area contributed by atoms with Crippen molar-refractivity contribution in [3.05, 3.63) is 34.9 Å². The molecule has 29 heavy (non-hydrogen) atoms. The highest BCUT2D eigenvalue weighted by Crippen LogP contribution is 2.55. The first-order valence-electron chi connectivity index (χ1n) is 11.2. The highest BCUT2D eigenvalue weighted by molar-refractivity contribution is 5.78. The zero-order valence-corrected chi connectivity index (χ0v) is 18.0. The predicted octanol–water partition coefficient (Wildman–Crippen LogP) is 4.14. The van der Waals surface area contributed by atoms with Crippen molar-refractivity contribution >= 4 is 11.9 Å². The molecule has 3 N–H and O–H groups in total. The van der Waals surface area contributed by atoms with Crippen LogP contribution in [0.3, 0.4) is 0 Å². The minimum absolute atomic E-state index is 0.0122. The minimum atomic E-state index is -0.109. The molecular weight excluding hydrogens is 362 g/mol. The molecule has 0 spiro atoms. The van der Waals surface area contributed by atoms with Gasteiger partial charge in [0.1, 0.15) is 0 Å². The summed E-state index contributed by atoms with van der Waals surface area (Å²) in [6.45, 7) is 6.49. The largest absolute Gasteiger partial charge is 0.350 e. The molecule has 3 amide bonds. The lowest BCUT2D eigenvalue weighted by molar-refractivity contribution is -0.121. The van der Waals surface area contributed by atoms with E-state index in [1.54, 1.807) is 0 Å². The molecule has 0 aliphatic heterocycles. The lowest BCUT2D eigenvalue weighted by atomic mass is 9.53. The third kappa shape index (κ3) is 4.59. The number of amides is 3. The van der Waals surface area contributed by atoms with E-state index in [-0.39, 0.29) is 23.5 Å². The number of nitrogens with one attached hydrogen (secondary N) is 3. The van der Waals surface area contributed by atoms with E-state index in [1.165, 1.54) is 30.4 Å². The molecule has 4 aliphatic carbocycles. The Kier molecular flexibility index (Phi) is 5.58. The van der Waals surface area contributed by atoms with E-state index in [2.05, 4.69) is 48.0 Å². The summed E-state index contributed by atoms with van der Waals surface area (Å²) in [5.41, 5.74) is 3.52. The molecule has 158 valence electrons. The number of hydrogen-bond acceptors (Lipinski definition) is 2. The molecule has 4 aliphatic rings. The number of hydrogen-bond donors (Lipinski definition) is 3. The summed E-state index contributed by atoms with van der Waals surface area (Å²) in [6, 6.07) is 6.14. The predicted molar refractivity (Wildman–Crippen MR) is 115 cm³/mol. The second-order valence-electron chi connectivity index (χ2n) is 9.98. The maximum atomic E-state index is 12.5. The molecule has 0 heterocycles. The van der Waals surface area contributed by atoms with Gasteiger partial charge in [0, 0.05) is 18.5 Å². The number of carbonyl (C=O) groups excluding carboxylic acids is 2. The zero-order chi connectivity index (χ0) is 20.6. The number of carbonyl (C=O) groups is 2. The molecule has 4 fully saturated rings. The molecule has 5 heteroatoms. The van der Waals surface area contributed by atoms with Crippen molar-refractivity contribution in [3.63, 3.8) is 0 Å². The van der Waals surface area contributed by atoms with Crippen LogP contribution in [-0.4, -0.2) is 24.0 Å². The molecule has 1 aromatic rings. The first-order valence-corrected chi connectivity index (χ1v) is 11.2. The minimum Gasteiger partial charge on any atom is -0.350 e. The van der Waals surface area contributed by atoms with E-state index in [0.29, 0.717) is 13.0 Å². The SMILES string of the molecule is Cc1ccc(C)c(C(C)NC(=O)CCNC(=O)NC23CC4CC(CC(C4)C2)C3)c1. The first-order chi connectivity index (χ1) is 13.8. The summed E-state index contributed by atoms with van der Waals surface area (Å²) < 4.78 is 0. The van der Waals surface area contributed by atoms with Crippen molar-refractivity contribution < 1.29 is 9.59 Å². The van der Waals surface area contributed by atoms with Crippen LogP contribution in [0.25, 0.3) is 0 Å². The Balaban J connectivity index is 1.21. The van der Waals surface area contributed by atoms with Gasteiger partial charge in [-0.15, -0.1) is 0 Å². The topological polar surface area (TPSA) is 70.2 Å². The molecule has 1 atom stereocenters. The summed E-state index contributed by atoms with van der Waals surface area (Å²) in [6.07, 6.45) is 7.80. The van der Waals surface area contributed by atoms with Gasteiger partial charge in [-0.05, 0) is 88.2 Å². The molecular formula is C24H35N3O2. The lowest BCUT2D eigenvalue weighted by Gasteiger charge is -2.56. The highest BCUT2D eigenvalue weighted by Gasteiger charge is 2.51. The van der Waals surface area contributed by atoms with Gasteiger partial charge >= 0.3 is 6.03 Å². The van der Waals surface area contributed by atoms with Crippen LogP contribution in [0.5, 0.6) is 0 Å². The summed E-state index contributed by atoms with van der Waals surface area (Å²) >= 11 is 0. The summed E-state index contributed by atoms with van der Waals surface area (Å²) in [5.74, 6) is 2.38. The fourth-order valence-corrected chi connectivity index (χ4v) is 6.46. The highest BCUT2D eigenvalue weighted by atomic mass is 16.2. The molecule has 5 nitrogen and oxygen atoms in total. The van der Waals surface area contributed by atoms with Crippen LogP contribution in [-0.2, 0) is 4.79 Å². The van der Waals surface area contributed by atoms with Crippen LogP contribution >= 0.6 is 0 Å². The summed E-state index contributed by atoms with van der Waals surface area (Å²) in [4.78, 5) is 24.8. The standard InChI is InChI=1S/C24H35N3O2/c1-15-4-5-16(2)21(8-15)17(3)26-22(28)6-7-25-23(29)27-24-12-18-9-19(13-24)11-20(10-18)14-24/h4-5,8,17-20H,6-7,9-14H2,1-3H3,(H,26,28)(H2,25,27,29). The van der Waals surface area contributed by atoms with Gasteiger partial charge in [-0.1, -0.05) is 23.8 Å². The zero-order valence-electron chi connectivity index (χ0n) is 18.0. The van der Waals surface area contributed by atoms with Crippen LogP contribution in [0.2, 0.25) is 0 Å². The third-order valence-corrected chi connectivity index (χ3v) is 7.33. The van der Waals surface area contributed by atoms with Crippen molar-refractivity contribution in [1.29, 1.82) is 0 Å². The average molecular weight is 398 g/mol. The quantitative estimate of drug-likeness (QED) is 0.675. The first kappa shape index (κ1) is 20.2. The molecule has 1 unspecified atom stereocenters. The second-order valence-corrected chi connectivity index (χ2v) is 9.98. The Morgan fingerprint density at radius 1 is 1.07 bits per heavy atom. The maximum Gasteiger partial charge on any atom is 0.315 e. The molecule has 5 rings (SSSR count). The van der Waals surface area contributed by atoms with Crippen LogP contribution in [0.15, 0.2) is 18.2 Å². The Morgan fingerprint density at radius 2 is 1.69 bits per heavy atom. The third-order valence-electron chi connectivity index (χ3n) is 7.33. The van der Waals surface area contributed by atoms with Gasteiger partial charge in [0.05, 0.1) is 6.04 Å². The Labute approximate surface area is 174 Å². The average Bonchev–Trinajstić information content (AvgIpc) is 2.62. The van der Waals surface area contributed by atoms with Gasteiger partial charge in [0.2, 0.25) is 5.91 Å². The molecule has 4 bridgehead atoms. The van der Waals surface area contributed by atoms with Crippen molar-refractivity contribution in [2.45, 2.75) is 77.3 Å². The van der Waals surface area contributed by atoms with Gasteiger partial charge in [-0.2, -0.15) is 0 Å². The summed E-state index contributed by atoms with van der Waals surface area (Å²) in [5, 5.41) is 9.26. The smallest absolute Gasteiger partial charge is 0.315 e. The van der Waals surface area contributed by atoms with Gasteiger partial charge < -0.3 is 16.0 Å². The van der Waals surface area contributed by atoms with Crippen LogP contribution in [0.1, 0.15) is 74.6 Å². The molecule has 4 saturated carbocycles. The van der Waals surface area contributed by atoms with Gasteiger partial charge in [0.25, 0.3) is 0 Å². The van der Waals surface area contributed by atoms with E-state index < -0.39 is 0 Å². The maximum absolute atomic E-state index is 12.5. The lowest BCUT2D eigenvalue weighted by Crippen LogP contribution is -2.61. The van der Waals surface area contributed by atoms with Crippen molar-refractivity contribution in [2.24, 2.45) is 17.8 Å². The van der Waals surface area contributed by atoms with Gasteiger partial charge in [-0.3, -0.25) is 4.79 Å². The van der Waals surface area contributed by atoms with Crippen LogP contribution in [0.4, 0.5) is 4.79 Å². The molecule has 1 aromatic carbocycles. The normalized spacial score (nSPS) is 30.7. The Morgan fingerprint density at radius 3 is 2.31 bits per heavy atom. The number of rotatable bonds is 6. The second kappa shape index (κ2) is 8.00. The van der Waals surface area contributed by atoms with E-state index in [4.69, 9.17) is 0 Å². The fraction of sp³-hybridized carbons (Fsp3) is 0.667. The monoisotopic (exact) mass is 397 g/mol. The van der Waals surface area contributed by atoms with Crippen LogP contribution < -0.4 is 16.0 Å². The Bertz CT molecular complexity index is 753. The molecule has 0 aromatic heterocycles. The Hall–Kier alpha value is -2.04.